The van der Waals surface area contributed by atoms with Crippen LogP contribution in [0.5, 0.6) is 0 Å². The van der Waals surface area contributed by atoms with E-state index in [0.717, 1.165) is 63.0 Å². The maximum atomic E-state index is 4.10. The average Bonchev–Trinajstić information content (AvgIpc) is 3.04. The maximum absolute atomic E-state index is 4.10. The van der Waals surface area contributed by atoms with Crippen LogP contribution < -0.4 is 0 Å². The first-order valence-electron chi connectivity index (χ1n) is 15.9. The first-order chi connectivity index (χ1) is 22.2. The Kier molecular flexibility index (Phi) is 24.1. The molecule has 0 amide bonds. The minimum absolute atomic E-state index is 0.734. The van der Waals surface area contributed by atoms with E-state index in [1.807, 2.05) is 116 Å². The van der Waals surface area contributed by atoms with E-state index in [0.29, 0.717) is 0 Å². The molecule has 0 aliphatic heterocycles. The van der Waals surface area contributed by atoms with Gasteiger partial charge in [-0.1, -0.05) is 63.1 Å². The third-order valence-corrected chi connectivity index (χ3v) is 5.70. The summed E-state index contributed by atoms with van der Waals surface area (Å²) in [5.74, 6) is 2.20. The molecule has 0 bridgehead atoms. The van der Waals surface area contributed by atoms with Crippen molar-refractivity contribution in [2.45, 2.75) is 118 Å². The van der Waals surface area contributed by atoms with Gasteiger partial charge in [0.15, 0.2) is 0 Å². The monoisotopic (exact) mass is 643 g/mol. The predicted octanol–water partition coefficient (Wildman–Crippen LogP) is 7.84. The van der Waals surface area contributed by atoms with Crippen molar-refractivity contribution in [1.29, 1.82) is 0 Å². The Balaban J connectivity index is 0. The van der Waals surface area contributed by atoms with Gasteiger partial charge in [0.05, 0.1) is 45.6 Å². The highest BCUT2D eigenvalue weighted by atomic mass is 15.2. The van der Waals surface area contributed by atoms with Crippen molar-refractivity contribution in [3.05, 3.63) is 111 Å². The molecule has 0 spiro atoms. The lowest BCUT2D eigenvalue weighted by atomic mass is 10.2. The summed E-state index contributed by atoms with van der Waals surface area (Å²) < 4.78 is 0. The van der Waals surface area contributed by atoms with Crippen molar-refractivity contribution in [2.24, 2.45) is 0 Å². The van der Waals surface area contributed by atoms with Gasteiger partial charge in [0.1, 0.15) is 17.5 Å². The summed E-state index contributed by atoms with van der Waals surface area (Å²) in [4.78, 5) is 12.3. The second-order valence-electron chi connectivity index (χ2n) is 10.1. The largest absolute Gasteiger partial charge is 0.235 e. The summed E-state index contributed by atoms with van der Waals surface area (Å²) in [5, 5.41) is 30.6. The van der Waals surface area contributed by atoms with Crippen LogP contribution in [0, 0.1) is 90.0 Å². The lowest BCUT2D eigenvalue weighted by Crippen LogP contribution is -1.97. The van der Waals surface area contributed by atoms with Gasteiger partial charge in [-0.15, -0.1) is 15.3 Å². The third kappa shape index (κ3) is 21.7. The maximum Gasteiger partial charge on any atom is 0.148 e. The summed E-state index contributed by atoms with van der Waals surface area (Å²) in [5.41, 5.74) is 10.2. The van der Waals surface area contributed by atoms with Crippen molar-refractivity contribution >= 4 is 0 Å². The third-order valence-electron chi connectivity index (χ3n) is 5.70. The average molecular weight is 644 g/mol. The summed E-state index contributed by atoms with van der Waals surface area (Å²) >= 11 is 0. The Labute approximate surface area is 283 Å². The fourth-order valence-corrected chi connectivity index (χ4v) is 2.97. The molecule has 0 fully saturated rings. The van der Waals surface area contributed by atoms with Crippen LogP contribution in [0.4, 0.5) is 0 Å². The minimum Gasteiger partial charge on any atom is -0.235 e. The van der Waals surface area contributed by atoms with E-state index in [9.17, 15) is 0 Å². The number of hydrogen-bond acceptors (Lipinski definition) is 11. The number of aryl methyl sites for hydroxylation is 13. The summed E-state index contributed by atoms with van der Waals surface area (Å²) in [6.45, 7) is 33.0. The van der Waals surface area contributed by atoms with Crippen molar-refractivity contribution in [3.63, 3.8) is 0 Å². The molecule has 4 aromatic heterocycles. The second-order valence-corrected chi connectivity index (χ2v) is 10.1. The van der Waals surface area contributed by atoms with Crippen molar-refractivity contribution in [1.82, 2.24) is 55.7 Å². The Hall–Kier alpha value is -4.67. The quantitative estimate of drug-likeness (QED) is 0.163. The van der Waals surface area contributed by atoms with Crippen LogP contribution in [-0.4, -0.2) is 55.7 Å². The number of aromatic nitrogens is 11. The first-order valence-corrected chi connectivity index (χ1v) is 15.9. The normalized spacial score (nSPS) is 8.96. The number of benzene rings is 1. The fraction of sp³-hybridized carbons (Fsp3) is 0.472. The first kappa shape index (κ1) is 44.5. The fourth-order valence-electron chi connectivity index (χ4n) is 2.97. The van der Waals surface area contributed by atoms with Crippen molar-refractivity contribution < 1.29 is 0 Å². The molecule has 0 N–H and O–H groups in total. The summed E-state index contributed by atoms with van der Waals surface area (Å²) in [6, 6.07) is 12.3. The highest BCUT2D eigenvalue weighted by Gasteiger charge is 1.95. The smallest absolute Gasteiger partial charge is 0.148 e. The molecule has 4 heterocycles. The lowest BCUT2D eigenvalue weighted by Gasteiger charge is -1.94. The van der Waals surface area contributed by atoms with Crippen LogP contribution in [0.1, 0.15) is 102 Å². The SMILES string of the molecule is CC.CC.Cc1ccc(C)nn1.Cc1cccc(C)c1.Cc1nnc(C)c(C)n1.Cc1nnc(C)c(C)n1.Cc1nnc(C)c(C)n1. The molecule has 0 radical (unpaired) electrons. The Morgan fingerprint density at radius 2 is 0.596 bits per heavy atom. The van der Waals surface area contributed by atoms with Gasteiger partial charge in [-0.05, 0) is 102 Å². The molecule has 256 valence electrons. The number of nitrogens with zero attached hydrogens (tertiary/aromatic N) is 11. The van der Waals surface area contributed by atoms with E-state index in [1.165, 1.54) is 11.1 Å². The van der Waals surface area contributed by atoms with Crippen molar-refractivity contribution in [3.8, 4) is 0 Å². The van der Waals surface area contributed by atoms with E-state index >= 15 is 0 Å². The van der Waals surface area contributed by atoms with E-state index in [-0.39, 0.29) is 0 Å². The molecule has 0 saturated heterocycles. The van der Waals surface area contributed by atoms with Crippen LogP contribution >= 0.6 is 0 Å². The molecule has 0 unspecified atom stereocenters. The van der Waals surface area contributed by atoms with Gasteiger partial charge >= 0.3 is 0 Å². The Morgan fingerprint density at radius 1 is 0.319 bits per heavy atom. The van der Waals surface area contributed by atoms with E-state index in [1.54, 1.807) is 0 Å². The van der Waals surface area contributed by atoms with Gasteiger partial charge in [0, 0.05) is 0 Å². The molecule has 0 aliphatic rings. The molecular formula is C36H57N11. The summed E-state index contributed by atoms with van der Waals surface area (Å²) in [6.07, 6.45) is 0. The highest BCUT2D eigenvalue weighted by molar-refractivity contribution is 5.20. The minimum atomic E-state index is 0.734. The Morgan fingerprint density at radius 3 is 0.766 bits per heavy atom. The standard InChI is InChI=1S/C8H10.3C6H9N3.C6H8N2.2C2H6/c1-7-4-3-5-8(2)6-7;3*1-4-5(2)8-9-6(3)7-4;1-5-3-4-6(2)8-7-5;2*1-2/h3-6H,1-2H3;3*1-3H3;3-4H,1-2H3;2*1-2H3. The lowest BCUT2D eigenvalue weighted by molar-refractivity contribution is 0.848. The van der Waals surface area contributed by atoms with Crippen LogP contribution in [0.2, 0.25) is 0 Å². The van der Waals surface area contributed by atoms with Crippen LogP contribution in [0.15, 0.2) is 36.4 Å². The Bertz CT molecular complexity index is 1400. The van der Waals surface area contributed by atoms with Crippen LogP contribution in [0.3, 0.4) is 0 Å². The van der Waals surface area contributed by atoms with Crippen molar-refractivity contribution in [2.75, 3.05) is 0 Å². The van der Waals surface area contributed by atoms with Gasteiger partial charge in [-0.3, -0.25) is 0 Å². The molecule has 11 heteroatoms. The van der Waals surface area contributed by atoms with Gasteiger partial charge in [-0.25, -0.2) is 15.0 Å². The summed E-state index contributed by atoms with van der Waals surface area (Å²) in [7, 11) is 0. The number of hydrogen-bond donors (Lipinski definition) is 0. The van der Waals surface area contributed by atoms with Gasteiger partial charge in [0.25, 0.3) is 0 Å². The molecule has 0 saturated carbocycles. The van der Waals surface area contributed by atoms with E-state index < -0.39 is 0 Å². The zero-order valence-electron chi connectivity index (χ0n) is 31.9. The molecule has 11 nitrogen and oxygen atoms in total. The van der Waals surface area contributed by atoms with Crippen LogP contribution in [-0.2, 0) is 0 Å². The molecule has 5 rings (SSSR count). The van der Waals surface area contributed by atoms with Gasteiger partial charge < -0.3 is 0 Å². The molecule has 0 aliphatic carbocycles. The van der Waals surface area contributed by atoms with Crippen LogP contribution in [0.25, 0.3) is 0 Å². The molecule has 5 aromatic rings. The topological polar surface area (TPSA) is 142 Å². The molecule has 0 atom stereocenters. The van der Waals surface area contributed by atoms with Gasteiger partial charge in [0.2, 0.25) is 0 Å². The highest BCUT2D eigenvalue weighted by Crippen LogP contribution is 2.00. The van der Waals surface area contributed by atoms with E-state index in [2.05, 4.69) is 93.9 Å². The predicted molar refractivity (Wildman–Crippen MR) is 192 cm³/mol. The number of rotatable bonds is 0. The molecule has 1 aromatic carbocycles. The second kappa shape index (κ2) is 25.5. The van der Waals surface area contributed by atoms with E-state index in [4.69, 9.17) is 0 Å². The zero-order valence-corrected chi connectivity index (χ0v) is 31.9. The van der Waals surface area contributed by atoms with Gasteiger partial charge in [-0.2, -0.15) is 25.5 Å². The zero-order chi connectivity index (χ0) is 36.5. The molecule has 47 heavy (non-hydrogen) atoms. The molecular weight excluding hydrogens is 586 g/mol.